The van der Waals surface area contributed by atoms with Gasteiger partial charge >= 0.3 is 0 Å². The maximum atomic E-state index is 13.7. The van der Waals surface area contributed by atoms with E-state index in [0.717, 1.165) is 35.7 Å². The molecule has 0 spiro atoms. The van der Waals surface area contributed by atoms with Crippen molar-refractivity contribution in [1.29, 1.82) is 0 Å². The Morgan fingerprint density at radius 1 is 1.16 bits per heavy atom. The molecule has 3 saturated carbocycles. The highest BCUT2D eigenvalue weighted by molar-refractivity contribution is 9.09. The second-order valence-electron chi connectivity index (χ2n) is 6.52. The summed E-state index contributed by atoms with van der Waals surface area (Å²) in [5.74, 6) is 3.51. The van der Waals surface area contributed by atoms with Gasteiger partial charge in [0.1, 0.15) is 11.6 Å². The summed E-state index contributed by atoms with van der Waals surface area (Å²) in [7, 11) is 0. The Balaban J connectivity index is 1.47. The minimum absolute atomic E-state index is 0.353. The number of rotatable bonds is 3. The molecule has 0 amide bonds. The number of halogens is 3. The molecule has 3 fully saturated rings. The van der Waals surface area contributed by atoms with Crippen LogP contribution >= 0.6 is 15.9 Å². The first-order chi connectivity index (χ1) is 9.15. The van der Waals surface area contributed by atoms with Gasteiger partial charge in [0.05, 0.1) is 0 Å². The highest BCUT2D eigenvalue weighted by atomic mass is 79.9. The third kappa shape index (κ3) is 1.88. The van der Waals surface area contributed by atoms with Crippen LogP contribution < -0.4 is 0 Å². The molecule has 19 heavy (non-hydrogen) atoms. The molecule has 0 N–H and O–H groups in total. The quantitative estimate of drug-likeness (QED) is 0.714. The molecule has 0 aromatic heterocycles. The lowest BCUT2D eigenvalue weighted by Gasteiger charge is -2.15. The zero-order chi connectivity index (χ0) is 13.1. The van der Waals surface area contributed by atoms with Crippen LogP contribution in [0.5, 0.6) is 0 Å². The van der Waals surface area contributed by atoms with E-state index in [9.17, 15) is 8.78 Å². The Morgan fingerprint density at radius 3 is 2.47 bits per heavy atom. The Bertz CT molecular complexity index is 499. The van der Waals surface area contributed by atoms with Crippen LogP contribution in [0.2, 0.25) is 0 Å². The molecule has 3 aliphatic rings. The highest BCUT2D eigenvalue weighted by Crippen LogP contribution is 2.71. The van der Waals surface area contributed by atoms with E-state index in [1.807, 2.05) is 0 Å². The van der Waals surface area contributed by atoms with Crippen LogP contribution in [-0.2, 0) is 6.42 Å². The monoisotopic (exact) mass is 326 g/mol. The van der Waals surface area contributed by atoms with Crippen molar-refractivity contribution in [1.82, 2.24) is 0 Å². The number of hydrogen-bond donors (Lipinski definition) is 0. The van der Waals surface area contributed by atoms with E-state index in [4.69, 9.17) is 0 Å². The molecule has 5 atom stereocenters. The van der Waals surface area contributed by atoms with Crippen molar-refractivity contribution in [2.45, 2.75) is 30.5 Å². The number of hydrogen-bond acceptors (Lipinski definition) is 0. The average Bonchev–Trinajstić information content (AvgIpc) is 2.82. The second kappa shape index (κ2) is 4.28. The first-order valence-electron chi connectivity index (χ1n) is 7.23. The van der Waals surface area contributed by atoms with Crippen LogP contribution in [0.4, 0.5) is 8.78 Å². The second-order valence-corrected chi connectivity index (χ2v) is 7.70. The Morgan fingerprint density at radius 2 is 1.84 bits per heavy atom. The van der Waals surface area contributed by atoms with Crippen molar-refractivity contribution >= 4 is 15.9 Å². The van der Waals surface area contributed by atoms with E-state index < -0.39 is 11.6 Å². The highest BCUT2D eigenvalue weighted by Gasteiger charge is 2.66. The molecule has 0 saturated heterocycles. The van der Waals surface area contributed by atoms with Crippen molar-refractivity contribution in [3.8, 4) is 0 Å². The summed E-state index contributed by atoms with van der Waals surface area (Å²) in [5, 5.41) is 0. The van der Waals surface area contributed by atoms with Crippen LogP contribution in [0, 0.1) is 41.2 Å². The van der Waals surface area contributed by atoms with Gasteiger partial charge in [-0.3, -0.25) is 0 Å². The standard InChI is InChI=1S/C16H17BrF2/c17-12(6-8-3-4-11(18)7-13(8)19)16-14-9-1-2-10(5-9)15(14)16/h3-4,7,9-10,12,14-16H,1-2,5-6H2. The molecule has 102 valence electrons. The number of alkyl halides is 1. The molecule has 0 radical (unpaired) electrons. The molecule has 4 rings (SSSR count). The third-order valence-electron chi connectivity index (χ3n) is 5.64. The van der Waals surface area contributed by atoms with Crippen LogP contribution in [0.1, 0.15) is 24.8 Å². The molecular weight excluding hydrogens is 310 g/mol. The lowest BCUT2D eigenvalue weighted by Crippen LogP contribution is -2.13. The van der Waals surface area contributed by atoms with Crippen molar-refractivity contribution in [2.75, 3.05) is 0 Å². The molecule has 0 heterocycles. The van der Waals surface area contributed by atoms with Gasteiger partial charge in [0.25, 0.3) is 0 Å². The Kier molecular flexibility index (Phi) is 2.77. The van der Waals surface area contributed by atoms with E-state index in [1.165, 1.54) is 25.3 Å². The molecule has 3 aliphatic carbocycles. The molecule has 1 aromatic carbocycles. The normalized spacial score (nSPS) is 40.3. The topological polar surface area (TPSA) is 0 Å². The number of fused-ring (bicyclic) bond motifs is 5. The minimum Gasteiger partial charge on any atom is -0.207 e. The zero-order valence-electron chi connectivity index (χ0n) is 10.7. The van der Waals surface area contributed by atoms with Crippen molar-refractivity contribution in [2.24, 2.45) is 29.6 Å². The average molecular weight is 327 g/mol. The minimum atomic E-state index is -0.492. The predicted octanol–water partition coefficient (Wildman–Crippen LogP) is 4.56. The molecule has 2 bridgehead atoms. The maximum absolute atomic E-state index is 13.7. The van der Waals surface area contributed by atoms with E-state index in [0.29, 0.717) is 16.8 Å². The molecule has 5 unspecified atom stereocenters. The summed E-state index contributed by atoms with van der Waals surface area (Å²) in [6.45, 7) is 0. The van der Waals surface area contributed by atoms with Crippen LogP contribution in [0.3, 0.4) is 0 Å². The van der Waals surface area contributed by atoms with Crippen LogP contribution in [0.15, 0.2) is 18.2 Å². The van der Waals surface area contributed by atoms with Crippen molar-refractivity contribution < 1.29 is 8.78 Å². The summed E-state index contributed by atoms with van der Waals surface area (Å²) in [6.07, 6.45) is 4.94. The Hall–Kier alpha value is -0.440. The lowest BCUT2D eigenvalue weighted by atomic mass is 9.97. The molecule has 0 nitrogen and oxygen atoms in total. The van der Waals surface area contributed by atoms with Gasteiger partial charge in [-0.05, 0) is 66.9 Å². The van der Waals surface area contributed by atoms with Crippen molar-refractivity contribution in [3.05, 3.63) is 35.4 Å². The van der Waals surface area contributed by atoms with Gasteiger partial charge < -0.3 is 0 Å². The molecular formula is C16H17BrF2. The van der Waals surface area contributed by atoms with E-state index in [1.54, 1.807) is 6.07 Å². The van der Waals surface area contributed by atoms with E-state index >= 15 is 0 Å². The largest absolute Gasteiger partial charge is 0.207 e. The zero-order valence-corrected chi connectivity index (χ0v) is 12.2. The van der Waals surface area contributed by atoms with Gasteiger partial charge in [-0.25, -0.2) is 8.78 Å². The lowest BCUT2D eigenvalue weighted by molar-refractivity contribution is 0.452. The fourth-order valence-electron chi connectivity index (χ4n) is 4.91. The van der Waals surface area contributed by atoms with Gasteiger partial charge in [-0.1, -0.05) is 22.0 Å². The maximum Gasteiger partial charge on any atom is 0.129 e. The van der Waals surface area contributed by atoms with E-state index in [-0.39, 0.29) is 0 Å². The van der Waals surface area contributed by atoms with Gasteiger partial charge in [-0.2, -0.15) is 0 Å². The van der Waals surface area contributed by atoms with Gasteiger partial charge in [-0.15, -0.1) is 0 Å². The predicted molar refractivity (Wildman–Crippen MR) is 74.1 cm³/mol. The summed E-state index contributed by atoms with van der Waals surface area (Å²) >= 11 is 3.77. The van der Waals surface area contributed by atoms with Crippen molar-refractivity contribution in [3.63, 3.8) is 0 Å². The number of benzene rings is 1. The van der Waals surface area contributed by atoms with E-state index in [2.05, 4.69) is 15.9 Å². The summed E-state index contributed by atoms with van der Waals surface area (Å²) in [5.41, 5.74) is 0.639. The fraction of sp³-hybridized carbons (Fsp3) is 0.625. The van der Waals surface area contributed by atoms with Gasteiger partial charge in [0.15, 0.2) is 0 Å². The third-order valence-corrected chi connectivity index (χ3v) is 6.58. The van der Waals surface area contributed by atoms with Gasteiger partial charge in [0.2, 0.25) is 0 Å². The first-order valence-corrected chi connectivity index (χ1v) is 8.14. The smallest absolute Gasteiger partial charge is 0.129 e. The summed E-state index contributed by atoms with van der Waals surface area (Å²) < 4.78 is 26.6. The molecule has 3 heteroatoms. The first kappa shape index (κ1) is 12.3. The van der Waals surface area contributed by atoms with Crippen LogP contribution in [0.25, 0.3) is 0 Å². The molecule has 1 aromatic rings. The van der Waals surface area contributed by atoms with Gasteiger partial charge in [0, 0.05) is 10.9 Å². The summed E-state index contributed by atoms with van der Waals surface area (Å²) in [4.78, 5) is 0.353. The van der Waals surface area contributed by atoms with Crippen LogP contribution in [-0.4, -0.2) is 4.83 Å². The summed E-state index contributed by atoms with van der Waals surface area (Å²) in [6, 6.07) is 3.94. The SMILES string of the molecule is Fc1ccc(CC(Br)C2C3C4CCC(C4)C23)c(F)c1. The Labute approximate surface area is 120 Å². The molecule has 0 aliphatic heterocycles. The fourth-order valence-corrected chi connectivity index (χ4v) is 5.96.